The van der Waals surface area contributed by atoms with Crippen molar-refractivity contribution in [3.8, 4) is 0 Å². The van der Waals surface area contributed by atoms with Gasteiger partial charge in [-0.1, -0.05) is 13.8 Å². The lowest BCUT2D eigenvalue weighted by atomic mass is 10.2. The monoisotopic (exact) mass is 144 g/mol. The summed E-state index contributed by atoms with van der Waals surface area (Å²) in [5, 5.41) is 3.03. The minimum absolute atomic E-state index is 0.602. The quantitative estimate of drug-likeness (QED) is 0.215. The summed E-state index contributed by atoms with van der Waals surface area (Å²) < 4.78 is 0. The lowest BCUT2D eigenvalue weighted by Crippen LogP contribution is -2.42. The number of nitrogens with one attached hydrogen (secondary N) is 2. The third-order valence-corrected chi connectivity index (χ3v) is 1.04. The Kier molecular flexibility index (Phi) is 4.66. The molecule has 0 rings (SSSR count). The van der Waals surface area contributed by atoms with Crippen LogP contribution in [0, 0.1) is 5.92 Å². The van der Waals surface area contributed by atoms with Crippen LogP contribution in [0.4, 0.5) is 0 Å². The van der Waals surface area contributed by atoms with E-state index in [-0.39, 0.29) is 0 Å². The summed E-state index contributed by atoms with van der Waals surface area (Å²) in [6.45, 7) is 5.13. The molecule has 4 heteroatoms. The van der Waals surface area contributed by atoms with Crippen LogP contribution in [0.2, 0.25) is 0 Å². The molecule has 4 N–H and O–H groups in total. The van der Waals surface area contributed by atoms with Crippen molar-refractivity contribution in [2.75, 3.05) is 13.6 Å². The van der Waals surface area contributed by atoms with Crippen LogP contribution in [0.1, 0.15) is 13.8 Å². The molecule has 0 amide bonds. The Bertz CT molecular complexity index is 108. The summed E-state index contributed by atoms with van der Waals surface area (Å²) >= 11 is 0. The molecule has 0 saturated carbocycles. The third kappa shape index (κ3) is 4.14. The van der Waals surface area contributed by atoms with Crippen molar-refractivity contribution in [2.45, 2.75) is 13.8 Å². The first-order valence-corrected chi connectivity index (χ1v) is 3.38. The van der Waals surface area contributed by atoms with Gasteiger partial charge in [0.2, 0.25) is 5.96 Å². The van der Waals surface area contributed by atoms with Gasteiger partial charge in [0.25, 0.3) is 0 Å². The van der Waals surface area contributed by atoms with Crippen LogP contribution in [0.25, 0.3) is 0 Å². The summed E-state index contributed by atoms with van der Waals surface area (Å²) in [5.74, 6) is 6.36. The van der Waals surface area contributed by atoms with Crippen molar-refractivity contribution < 1.29 is 0 Å². The Hall–Kier alpha value is -0.770. The maximum absolute atomic E-state index is 5.13. The van der Waals surface area contributed by atoms with Crippen molar-refractivity contribution in [3.05, 3.63) is 0 Å². The molecule has 0 aliphatic rings. The Balaban J connectivity index is 3.46. The highest BCUT2D eigenvalue weighted by atomic mass is 15.3. The summed E-state index contributed by atoms with van der Waals surface area (Å²) in [6, 6.07) is 0. The lowest BCUT2D eigenvalue weighted by molar-refractivity contribution is 0.616. The molecule has 0 atom stereocenters. The van der Waals surface area contributed by atoms with E-state index in [1.807, 2.05) is 0 Å². The van der Waals surface area contributed by atoms with E-state index in [1.165, 1.54) is 0 Å². The molecule has 0 spiro atoms. The molecule has 0 aliphatic heterocycles. The Morgan fingerprint density at radius 3 is 2.50 bits per heavy atom. The maximum atomic E-state index is 5.13. The smallest absolute Gasteiger partial charge is 0.205 e. The normalized spacial score (nSPS) is 11.9. The molecule has 0 aromatic heterocycles. The van der Waals surface area contributed by atoms with Crippen molar-refractivity contribution in [2.24, 2.45) is 16.8 Å². The van der Waals surface area contributed by atoms with Crippen molar-refractivity contribution in [1.29, 1.82) is 0 Å². The van der Waals surface area contributed by atoms with E-state index in [4.69, 9.17) is 5.84 Å². The Labute approximate surface area is 61.9 Å². The van der Waals surface area contributed by atoms with E-state index in [0.717, 1.165) is 6.54 Å². The number of guanidine groups is 1. The van der Waals surface area contributed by atoms with E-state index in [1.54, 1.807) is 7.05 Å². The minimum atomic E-state index is 0.602. The second-order valence-electron chi connectivity index (χ2n) is 2.49. The van der Waals surface area contributed by atoms with Crippen molar-refractivity contribution in [1.82, 2.24) is 10.7 Å². The van der Waals surface area contributed by atoms with Gasteiger partial charge in [0.05, 0.1) is 0 Å². The van der Waals surface area contributed by atoms with Crippen molar-refractivity contribution in [3.63, 3.8) is 0 Å². The van der Waals surface area contributed by atoms with Gasteiger partial charge >= 0.3 is 0 Å². The fourth-order valence-corrected chi connectivity index (χ4v) is 0.495. The summed E-state index contributed by atoms with van der Waals surface area (Å²) in [6.07, 6.45) is 0. The van der Waals surface area contributed by atoms with E-state index < -0.39 is 0 Å². The Morgan fingerprint density at radius 2 is 2.20 bits per heavy atom. The van der Waals surface area contributed by atoms with Gasteiger partial charge in [-0.25, -0.2) is 5.84 Å². The first kappa shape index (κ1) is 9.23. The molecule has 0 fully saturated rings. The number of rotatable bonds is 2. The average molecular weight is 144 g/mol. The number of nitrogens with two attached hydrogens (primary N) is 1. The molecule has 4 nitrogen and oxygen atoms in total. The molecule has 0 unspecified atom stereocenters. The van der Waals surface area contributed by atoms with E-state index in [0.29, 0.717) is 11.9 Å². The molecule has 0 aliphatic carbocycles. The number of aliphatic imine (C=N–C) groups is 1. The first-order valence-electron chi connectivity index (χ1n) is 3.38. The summed E-state index contributed by atoms with van der Waals surface area (Å²) in [5.41, 5.74) is 2.45. The zero-order valence-electron chi connectivity index (χ0n) is 6.81. The Morgan fingerprint density at radius 1 is 1.60 bits per heavy atom. The fraction of sp³-hybridized carbons (Fsp3) is 0.833. The van der Waals surface area contributed by atoms with Gasteiger partial charge in [0.1, 0.15) is 0 Å². The van der Waals surface area contributed by atoms with Crippen LogP contribution in [-0.4, -0.2) is 19.6 Å². The molecule has 0 saturated heterocycles. The van der Waals surface area contributed by atoms with Gasteiger partial charge in [0, 0.05) is 13.6 Å². The predicted molar refractivity (Wildman–Crippen MR) is 43.5 cm³/mol. The van der Waals surface area contributed by atoms with Crippen LogP contribution < -0.4 is 16.6 Å². The molecule has 0 aromatic rings. The van der Waals surface area contributed by atoms with Gasteiger partial charge in [-0.05, 0) is 5.92 Å². The second kappa shape index (κ2) is 5.05. The molecular formula is C6H16N4. The number of hydrogen-bond donors (Lipinski definition) is 3. The van der Waals surface area contributed by atoms with Gasteiger partial charge in [-0.15, -0.1) is 0 Å². The van der Waals surface area contributed by atoms with Crippen molar-refractivity contribution >= 4 is 5.96 Å². The zero-order chi connectivity index (χ0) is 7.98. The largest absolute Gasteiger partial charge is 0.355 e. The summed E-state index contributed by atoms with van der Waals surface area (Å²) in [4.78, 5) is 3.85. The molecule has 0 heterocycles. The van der Waals surface area contributed by atoms with Gasteiger partial charge in [-0.3, -0.25) is 10.4 Å². The van der Waals surface area contributed by atoms with Crippen LogP contribution in [0.3, 0.4) is 0 Å². The van der Waals surface area contributed by atoms with Gasteiger partial charge < -0.3 is 5.32 Å². The van der Waals surface area contributed by atoms with E-state index in [2.05, 4.69) is 29.6 Å². The van der Waals surface area contributed by atoms with Gasteiger partial charge in [0.15, 0.2) is 0 Å². The number of hydrazine groups is 1. The molecule has 0 aromatic carbocycles. The highest BCUT2D eigenvalue weighted by molar-refractivity contribution is 5.78. The maximum Gasteiger partial charge on any atom is 0.205 e. The van der Waals surface area contributed by atoms with Gasteiger partial charge in [-0.2, -0.15) is 0 Å². The highest BCUT2D eigenvalue weighted by Crippen LogP contribution is 1.85. The topological polar surface area (TPSA) is 62.4 Å². The molecule has 0 radical (unpaired) electrons. The first-order chi connectivity index (χ1) is 4.70. The van der Waals surface area contributed by atoms with Crippen LogP contribution in [-0.2, 0) is 0 Å². The zero-order valence-corrected chi connectivity index (χ0v) is 6.81. The molecule has 0 bridgehead atoms. The van der Waals surface area contributed by atoms with Crippen LogP contribution >= 0.6 is 0 Å². The molecule has 10 heavy (non-hydrogen) atoms. The third-order valence-electron chi connectivity index (χ3n) is 1.04. The summed E-state index contributed by atoms with van der Waals surface area (Å²) in [7, 11) is 1.68. The number of nitrogens with zero attached hydrogens (tertiary/aromatic N) is 1. The highest BCUT2D eigenvalue weighted by Gasteiger charge is 1.94. The molecular weight excluding hydrogens is 128 g/mol. The average Bonchev–Trinajstić information content (AvgIpc) is 1.90. The SMILES string of the molecule is CN=C(NN)NCC(C)C. The van der Waals surface area contributed by atoms with Crippen LogP contribution in [0.15, 0.2) is 4.99 Å². The standard InChI is InChI=1S/C6H16N4/c1-5(2)4-9-6(8-3)10-7/h5H,4,7H2,1-3H3,(H2,8,9,10). The lowest BCUT2D eigenvalue weighted by Gasteiger charge is -2.09. The second-order valence-corrected chi connectivity index (χ2v) is 2.49. The fourth-order valence-electron chi connectivity index (χ4n) is 0.495. The van der Waals surface area contributed by atoms with Crippen LogP contribution in [0.5, 0.6) is 0 Å². The minimum Gasteiger partial charge on any atom is -0.355 e. The number of hydrogen-bond acceptors (Lipinski definition) is 2. The molecule has 60 valence electrons. The predicted octanol–water partition coefficient (Wildman–Crippen LogP) is -0.319. The van der Waals surface area contributed by atoms with E-state index >= 15 is 0 Å². The van der Waals surface area contributed by atoms with E-state index in [9.17, 15) is 0 Å².